The number of likely N-dealkylation sites (tertiary alicyclic amines) is 1. The summed E-state index contributed by atoms with van der Waals surface area (Å²) in [6.07, 6.45) is 2.45. The Morgan fingerprint density at radius 3 is 2.81 bits per heavy atom. The van der Waals surface area contributed by atoms with Crippen LogP contribution in [0.5, 0.6) is 0 Å². The third kappa shape index (κ3) is 4.23. The highest BCUT2D eigenvalue weighted by Gasteiger charge is 2.29. The van der Waals surface area contributed by atoms with E-state index in [1.807, 2.05) is 20.8 Å². The summed E-state index contributed by atoms with van der Waals surface area (Å²) in [7, 11) is 0. The van der Waals surface area contributed by atoms with E-state index in [1.54, 1.807) is 11.0 Å². The van der Waals surface area contributed by atoms with Gasteiger partial charge < -0.3 is 14.4 Å². The van der Waals surface area contributed by atoms with Gasteiger partial charge in [0.05, 0.1) is 19.3 Å². The molecule has 16 heavy (non-hydrogen) atoms. The molecule has 1 heterocycles. The number of carbonyl (C=O) groups is 1. The second-order valence-corrected chi connectivity index (χ2v) is 4.96. The summed E-state index contributed by atoms with van der Waals surface area (Å²) in [6, 6.07) is 0. The normalized spacial score (nSPS) is 20.9. The van der Waals surface area contributed by atoms with Gasteiger partial charge in [-0.15, -0.1) is 6.58 Å². The lowest BCUT2D eigenvalue weighted by molar-refractivity contribution is 0.0235. The molecule has 4 heteroatoms. The lowest BCUT2D eigenvalue weighted by Crippen LogP contribution is -2.36. The van der Waals surface area contributed by atoms with Crippen molar-refractivity contribution in [2.75, 3.05) is 19.7 Å². The Bertz CT molecular complexity index is 257. The van der Waals surface area contributed by atoms with E-state index in [2.05, 4.69) is 6.58 Å². The smallest absolute Gasteiger partial charge is 0.410 e. The summed E-state index contributed by atoms with van der Waals surface area (Å²) in [5, 5.41) is 0. The van der Waals surface area contributed by atoms with Crippen LogP contribution < -0.4 is 0 Å². The van der Waals surface area contributed by atoms with Gasteiger partial charge in [0.15, 0.2) is 0 Å². The molecule has 1 aliphatic heterocycles. The van der Waals surface area contributed by atoms with E-state index < -0.39 is 5.60 Å². The average molecular weight is 227 g/mol. The molecule has 0 N–H and O–H groups in total. The summed E-state index contributed by atoms with van der Waals surface area (Å²) in [5.41, 5.74) is -0.433. The van der Waals surface area contributed by atoms with Crippen molar-refractivity contribution in [3.63, 3.8) is 0 Å². The van der Waals surface area contributed by atoms with E-state index in [0.717, 1.165) is 6.42 Å². The van der Waals surface area contributed by atoms with Gasteiger partial charge >= 0.3 is 6.09 Å². The SMILES string of the molecule is C=CCOC1CCN(C(=O)OC(C)(C)C)C1. The van der Waals surface area contributed by atoms with Crippen LogP contribution in [0.4, 0.5) is 4.79 Å². The molecular weight excluding hydrogens is 206 g/mol. The molecule has 1 aliphatic rings. The zero-order chi connectivity index (χ0) is 12.2. The van der Waals surface area contributed by atoms with Crippen LogP contribution in [-0.2, 0) is 9.47 Å². The molecule has 92 valence electrons. The lowest BCUT2D eigenvalue weighted by atomic mass is 10.2. The first kappa shape index (κ1) is 13.0. The average Bonchev–Trinajstić information content (AvgIpc) is 2.60. The van der Waals surface area contributed by atoms with Gasteiger partial charge in [-0.3, -0.25) is 0 Å². The third-order valence-corrected chi connectivity index (χ3v) is 2.25. The van der Waals surface area contributed by atoms with Crippen molar-refractivity contribution in [3.8, 4) is 0 Å². The number of amides is 1. The Balaban J connectivity index is 2.35. The highest BCUT2D eigenvalue weighted by Crippen LogP contribution is 2.16. The summed E-state index contributed by atoms with van der Waals surface area (Å²) in [5.74, 6) is 0. The third-order valence-electron chi connectivity index (χ3n) is 2.25. The first-order valence-electron chi connectivity index (χ1n) is 5.63. The van der Waals surface area contributed by atoms with Crippen LogP contribution in [0, 0.1) is 0 Å². The maximum absolute atomic E-state index is 11.7. The maximum Gasteiger partial charge on any atom is 0.410 e. The molecular formula is C12H21NO3. The van der Waals surface area contributed by atoms with E-state index in [9.17, 15) is 4.79 Å². The molecule has 0 saturated carbocycles. The molecule has 0 aromatic rings. The minimum atomic E-state index is -0.433. The molecule has 0 aliphatic carbocycles. The molecule has 1 atom stereocenters. The summed E-state index contributed by atoms with van der Waals surface area (Å²) in [4.78, 5) is 13.4. The van der Waals surface area contributed by atoms with Gasteiger partial charge in [0, 0.05) is 6.54 Å². The number of hydrogen-bond donors (Lipinski definition) is 0. The molecule has 1 rings (SSSR count). The Labute approximate surface area is 97.2 Å². The number of hydrogen-bond acceptors (Lipinski definition) is 3. The molecule has 1 unspecified atom stereocenters. The molecule has 1 saturated heterocycles. The summed E-state index contributed by atoms with van der Waals surface area (Å²) in [6.45, 7) is 11.1. The van der Waals surface area contributed by atoms with Crippen LogP contribution in [0.3, 0.4) is 0 Å². The molecule has 4 nitrogen and oxygen atoms in total. The van der Waals surface area contributed by atoms with Crippen LogP contribution in [-0.4, -0.2) is 42.4 Å². The molecule has 0 spiro atoms. The Morgan fingerprint density at radius 1 is 1.56 bits per heavy atom. The van der Waals surface area contributed by atoms with Crippen molar-refractivity contribution in [1.82, 2.24) is 4.90 Å². The molecule has 0 radical (unpaired) electrons. The van der Waals surface area contributed by atoms with Gasteiger partial charge in [0.2, 0.25) is 0 Å². The number of ether oxygens (including phenoxy) is 2. The van der Waals surface area contributed by atoms with Crippen molar-refractivity contribution in [1.29, 1.82) is 0 Å². The van der Waals surface area contributed by atoms with Gasteiger partial charge in [-0.05, 0) is 27.2 Å². The van der Waals surface area contributed by atoms with E-state index in [1.165, 1.54) is 0 Å². The van der Waals surface area contributed by atoms with Crippen molar-refractivity contribution in [2.24, 2.45) is 0 Å². The van der Waals surface area contributed by atoms with Crippen molar-refractivity contribution in [3.05, 3.63) is 12.7 Å². The second kappa shape index (κ2) is 5.34. The largest absolute Gasteiger partial charge is 0.444 e. The number of nitrogens with zero attached hydrogens (tertiary/aromatic N) is 1. The van der Waals surface area contributed by atoms with Crippen LogP contribution in [0.25, 0.3) is 0 Å². The van der Waals surface area contributed by atoms with E-state index in [0.29, 0.717) is 19.7 Å². The van der Waals surface area contributed by atoms with Crippen molar-refractivity contribution in [2.45, 2.75) is 38.9 Å². The van der Waals surface area contributed by atoms with Gasteiger partial charge in [-0.1, -0.05) is 6.08 Å². The first-order chi connectivity index (χ1) is 7.42. The van der Waals surface area contributed by atoms with Crippen LogP contribution in [0.1, 0.15) is 27.2 Å². The van der Waals surface area contributed by atoms with E-state index in [-0.39, 0.29) is 12.2 Å². The molecule has 1 amide bonds. The highest BCUT2D eigenvalue weighted by molar-refractivity contribution is 5.68. The molecule has 0 aromatic heterocycles. The van der Waals surface area contributed by atoms with Crippen LogP contribution in [0.2, 0.25) is 0 Å². The monoisotopic (exact) mass is 227 g/mol. The predicted molar refractivity (Wildman–Crippen MR) is 62.4 cm³/mol. The van der Waals surface area contributed by atoms with Crippen molar-refractivity contribution < 1.29 is 14.3 Å². The molecule has 0 bridgehead atoms. The van der Waals surface area contributed by atoms with E-state index in [4.69, 9.17) is 9.47 Å². The number of rotatable bonds is 3. The Kier molecular flexibility index (Phi) is 4.35. The quantitative estimate of drug-likeness (QED) is 0.694. The fourth-order valence-electron chi connectivity index (χ4n) is 1.56. The zero-order valence-electron chi connectivity index (χ0n) is 10.4. The predicted octanol–water partition coefficient (Wildman–Crippen LogP) is 2.20. The van der Waals surface area contributed by atoms with Crippen molar-refractivity contribution >= 4 is 6.09 Å². The highest BCUT2D eigenvalue weighted by atomic mass is 16.6. The van der Waals surface area contributed by atoms with E-state index >= 15 is 0 Å². The van der Waals surface area contributed by atoms with Gasteiger partial charge in [0.1, 0.15) is 5.60 Å². The summed E-state index contributed by atoms with van der Waals surface area (Å²) < 4.78 is 10.8. The topological polar surface area (TPSA) is 38.8 Å². The van der Waals surface area contributed by atoms with Gasteiger partial charge in [-0.25, -0.2) is 4.79 Å². The minimum Gasteiger partial charge on any atom is -0.444 e. The summed E-state index contributed by atoms with van der Waals surface area (Å²) >= 11 is 0. The first-order valence-corrected chi connectivity index (χ1v) is 5.63. The molecule has 0 aromatic carbocycles. The standard InChI is InChI=1S/C12H21NO3/c1-5-8-15-10-6-7-13(9-10)11(14)16-12(2,3)4/h5,10H,1,6-9H2,2-4H3. The minimum absolute atomic E-state index is 0.116. The maximum atomic E-state index is 11.7. The fourth-order valence-corrected chi connectivity index (χ4v) is 1.56. The lowest BCUT2D eigenvalue weighted by Gasteiger charge is -2.24. The molecule has 1 fully saturated rings. The zero-order valence-corrected chi connectivity index (χ0v) is 10.4. The Morgan fingerprint density at radius 2 is 2.25 bits per heavy atom. The van der Waals surface area contributed by atoms with Crippen LogP contribution >= 0.6 is 0 Å². The fraction of sp³-hybridized carbons (Fsp3) is 0.750. The van der Waals surface area contributed by atoms with Gasteiger partial charge in [-0.2, -0.15) is 0 Å². The van der Waals surface area contributed by atoms with Gasteiger partial charge in [0.25, 0.3) is 0 Å². The Hall–Kier alpha value is -1.03. The van der Waals surface area contributed by atoms with Crippen LogP contribution in [0.15, 0.2) is 12.7 Å². The number of carbonyl (C=O) groups excluding carboxylic acids is 1. The second-order valence-electron chi connectivity index (χ2n) is 4.96.